The number of methoxy groups -OCH3 is 3. The van der Waals surface area contributed by atoms with Crippen molar-refractivity contribution in [1.29, 1.82) is 0 Å². The Balaban J connectivity index is 0.00000127. The molecule has 1 aromatic rings. The van der Waals surface area contributed by atoms with Crippen LogP contribution in [0.4, 0.5) is 0 Å². The molecule has 0 saturated heterocycles. The number of hydrogen-bond donors (Lipinski definition) is 0. The molecule has 0 radical (unpaired) electrons. The number of amides is 1. The van der Waals surface area contributed by atoms with Gasteiger partial charge in [0.05, 0.1) is 34.4 Å². The van der Waals surface area contributed by atoms with Gasteiger partial charge >= 0.3 is 11.9 Å². The summed E-state index contributed by atoms with van der Waals surface area (Å²) in [4.78, 5) is 24.6. The summed E-state index contributed by atoms with van der Waals surface area (Å²) in [7, 11) is 4.24. The van der Waals surface area contributed by atoms with Crippen LogP contribution in [0.3, 0.4) is 0 Å². The van der Waals surface area contributed by atoms with Gasteiger partial charge < -0.3 is 23.8 Å². The Labute approximate surface area is 136 Å². The van der Waals surface area contributed by atoms with E-state index in [1.165, 1.54) is 26.2 Å². The van der Waals surface area contributed by atoms with Crippen molar-refractivity contribution in [3.8, 4) is 17.2 Å². The van der Waals surface area contributed by atoms with Crippen molar-refractivity contribution in [3.05, 3.63) is 17.7 Å². The zero-order valence-corrected chi connectivity index (χ0v) is 14.2. The molecule has 1 aliphatic heterocycles. The monoisotopic (exact) mass is 325 g/mol. The SMILES string of the molecule is CC.COC(=O)C(=O)N1CCOc2cc(OC)c(OC)cc2C1. The first kappa shape index (κ1) is 18.6. The molecular formula is C16H23NO6. The molecule has 128 valence electrons. The number of fused-ring (bicyclic) bond motifs is 1. The number of carbonyl (C=O) groups is 2. The Bertz CT molecular complexity index is 558. The highest BCUT2D eigenvalue weighted by molar-refractivity contribution is 6.32. The van der Waals surface area contributed by atoms with Gasteiger partial charge in [0, 0.05) is 11.6 Å². The molecule has 0 aromatic heterocycles. The van der Waals surface area contributed by atoms with Crippen LogP contribution < -0.4 is 14.2 Å². The van der Waals surface area contributed by atoms with Gasteiger partial charge in [-0.15, -0.1) is 0 Å². The van der Waals surface area contributed by atoms with Crippen LogP contribution in [0.1, 0.15) is 19.4 Å². The zero-order valence-electron chi connectivity index (χ0n) is 14.2. The second-order valence-corrected chi connectivity index (χ2v) is 4.38. The molecule has 1 aliphatic rings. The summed E-state index contributed by atoms with van der Waals surface area (Å²) in [6.45, 7) is 4.82. The van der Waals surface area contributed by atoms with Gasteiger partial charge in [0.15, 0.2) is 11.5 Å². The molecule has 7 heteroatoms. The summed E-state index contributed by atoms with van der Waals surface area (Å²) in [5.74, 6) is 0.103. The van der Waals surface area contributed by atoms with E-state index in [-0.39, 0.29) is 13.2 Å². The average Bonchev–Trinajstić information content (AvgIpc) is 2.82. The van der Waals surface area contributed by atoms with Crippen LogP contribution in [0.2, 0.25) is 0 Å². The maximum atomic E-state index is 11.9. The third-order valence-electron chi connectivity index (χ3n) is 3.19. The number of benzene rings is 1. The third kappa shape index (κ3) is 4.28. The molecule has 0 atom stereocenters. The number of rotatable bonds is 2. The first-order chi connectivity index (χ1) is 11.1. The maximum Gasteiger partial charge on any atom is 0.396 e. The van der Waals surface area contributed by atoms with Crippen molar-refractivity contribution in [1.82, 2.24) is 4.90 Å². The number of esters is 1. The summed E-state index contributed by atoms with van der Waals surface area (Å²) in [6.07, 6.45) is 0. The van der Waals surface area contributed by atoms with Crippen molar-refractivity contribution in [2.75, 3.05) is 34.5 Å². The Morgan fingerprint density at radius 1 is 1.09 bits per heavy atom. The lowest BCUT2D eigenvalue weighted by Gasteiger charge is -2.18. The molecule has 0 spiro atoms. The zero-order chi connectivity index (χ0) is 17.4. The molecule has 1 amide bonds. The van der Waals surface area contributed by atoms with Crippen LogP contribution in [0.5, 0.6) is 17.2 Å². The first-order valence-corrected chi connectivity index (χ1v) is 7.35. The van der Waals surface area contributed by atoms with E-state index in [9.17, 15) is 9.59 Å². The maximum absolute atomic E-state index is 11.9. The summed E-state index contributed by atoms with van der Waals surface area (Å²) in [6, 6.07) is 3.44. The minimum absolute atomic E-state index is 0.240. The van der Waals surface area contributed by atoms with Crippen LogP contribution >= 0.6 is 0 Å². The topological polar surface area (TPSA) is 74.3 Å². The van der Waals surface area contributed by atoms with E-state index < -0.39 is 11.9 Å². The standard InChI is InChI=1S/C14H17NO6.C2H6/c1-18-11-6-9-8-15(13(16)14(17)20-3)4-5-21-10(9)7-12(11)19-2;1-2/h6-7H,4-5,8H2,1-3H3;1-2H3. The summed E-state index contributed by atoms with van der Waals surface area (Å²) >= 11 is 0. The largest absolute Gasteiger partial charge is 0.493 e. The molecule has 0 fully saturated rings. The normalized spacial score (nSPS) is 12.7. The third-order valence-corrected chi connectivity index (χ3v) is 3.19. The van der Waals surface area contributed by atoms with Gasteiger partial charge in [0.1, 0.15) is 12.4 Å². The van der Waals surface area contributed by atoms with Crippen molar-refractivity contribution in [3.63, 3.8) is 0 Å². The number of hydrogen-bond acceptors (Lipinski definition) is 6. The molecule has 0 unspecified atom stereocenters. The highest BCUT2D eigenvalue weighted by Crippen LogP contribution is 2.36. The Morgan fingerprint density at radius 3 is 2.26 bits per heavy atom. The second-order valence-electron chi connectivity index (χ2n) is 4.38. The minimum atomic E-state index is -0.890. The van der Waals surface area contributed by atoms with Gasteiger partial charge in [-0.3, -0.25) is 4.79 Å². The van der Waals surface area contributed by atoms with E-state index in [4.69, 9.17) is 14.2 Å². The van der Waals surface area contributed by atoms with Gasteiger partial charge in [0.2, 0.25) is 0 Å². The molecule has 2 rings (SSSR count). The molecular weight excluding hydrogens is 302 g/mol. The quantitative estimate of drug-likeness (QED) is 0.608. The summed E-state index contributed by atoms with van der Waals surface area (Å²) < 4.78 is 20.5. The minimum Gasteiger partial charge on any atom is -0.493 e. The van der Waals surface area contributed by atoms with Crippen LogP contribution in [0, 0.1) is 0 Å². The lowest BCUT2D eigenvalue weighted by Crippen LogP contribution is -2.38. The molecule has 7 nitrogen and oxygen atoms in total. The van der Waals surface area contributed by atoms with Crippen LogP contribution in [-0.2, 0) is 20.9 Å². The Morgan fingerprint density at radius 2 is 1.70 bits per heavy atom. The summed E-state index contributed by atoms with van der Waals surface area (Å²) in [5, 5.41) is 0. The lowest BCUT2D eigenvalue weighted by atomic mass is 10.1. The van der Waals surface area contributed by atoms with E-state index in [1.54, 1.807) is 12.1 Å². The Kier molecular flexibility index (Phi) is 7.18. The predicted molar refractivity (Wildman–Crippen MR) is 83.8 cm³/mol. The fraction of sp³-hybridized carbons (Fsp3) is 0.500. The van der Waals surface area contributed by atoms with Crippen molar-refractivity contribution in [2.45, 2.75) is 20.4 Å². The Hall–Kier alpha value is -2.44. The highest BCUT2D eigenvalue weighted by atomic mass is 16.5. The van der Waals surface area contributed by atoms with Gasteiger partial charge in [-0.25, -0.2) is 4.79 Å². The first-order valence-electron chi connectivity index (χ1n) is 7.35. The lowest BCUT2D eigenvalue weighted by molar-refractivity contribution is -0.158. The molecule has 0 aliphatic carbocycles. The van der Waals surface area contributed by atoms with Crippen molar-refractivity contribution < 1.29 is 28.5 Å². The van der Waals surface area contributed by atoms with Crippen molar-refractivity contribution in [2.24, 2.45) is 0 Å². The number of nitrogens with zero attached hydrogens (tertiary/aromatic N) is 1. The molecule has 23 heavy (non-hydrogen) atoms. The van der Waals surface area contributed by atoms with E-state index >= 15 is 0 Å². The molecule has 0 saturated carbocycles. The fourth-order valence-corrected chi connectivity index (χ4v) is 2.10. The number of carbonyl (C=O) groups excluding carboxylic acids is 2. The summed E-state index contributed by atoms with van der Waals surface area (Å²) in [5.41, 5.74) is 0.738. The molecule has 0 bridgehead atoms. The fourth-order valence-electron chi connectivity index (χ4n) is 2.10. The van der Waals surface area contributed by atoms with Crippen molar-refractivity contribution >= 4 is 11.9 Å². The van der Waals surface area contributed by atoms with Gasteiger partial charge in [0.25, 0.3) is 0 Å². The van der Waals surface area contributed by atoms with E-state index in [0.717, 1.165) is 5.56 Å². The highest BCUT2D eigenvalue weighted by Gasteiger charge is 2.26. The molecule has 1 heterocycles. The van der Waals surface area contributed by atoms with Crippen LogP contribution in [0.15, 0.2) is 12.1 Å². The van der Waals surface area contributed by atoms with Gasteiger partial charge in [-0.05, 0) is 6.07 Å². The smallest absolute Gasteiger partial charge is 0.396 e. The van der Waals surface area contributed by atoms with Gasteiger partial charge in [-0.2, -0.15) is 0 Å². The van der Waals surface area contributed by atoms with Crippen LogP contribution in [-0.4, -0.2) is 51.3 Å². The predicted octanol–water partition coefficient (Wildman–Crippen LogP) is 1.62. The van der Waals surface area contributed by atoms with Crippen LogP contribution in [0.25, 0.3) is 0 Å². The van der Waals surface area contributed by atoms with E-state index in [0.29, 0.717) is 23.8 Å². The molecule has 0 N–H and O–H groups in total. The second kappa shape index (κ2) is 8.87. The number of ether oxygens (including phenoxy) is 4. The molecule has 1 aromatic carbocycles. The van der Waals surface area contributed by atoms with E-state index in [2.05, 4.69) is 4.74 Å². The van der Waals surface area contributed by atoms with E-state index in [1.807, 2.05) is 13.8 Å². The average molecular weight is 325 g/mol. The van der Waals surface area contributed by atoms with Gasteiger partial charge in [-0.1, -0.05) is 13.8 Å².